The number of sulfone groups is 2. The Kier molecular flexibility index (Phi) is 24.2. The first kappa shape index (κ1) is 87.0. The molecule has 7 heterocycles. The van der Waals surface area contributed by atoms with E-state index in [1.807, 2.05) is 60.7 Å². The Labute approximate surface area is 727 Å². The molecular formula is C97H100F3N13O11S2. The lowest BCUT2D eigenvalue weighted by molar-refractivity contribution is 0.0915. The summed E-state index contributed by atoms with van der Waals surface area (Å²) in [5, 5.41) is 35.8. The zero-order valence-corrected chi connectivity index (χ0v) is 73.4. The summed E-state index contributed by atoms with van der Waals surface area (Å²) >= 11 is 0. The van der Waals surface area contributed by atoms with E-state index in [9.17, 15) is 49.2 Å². The molecule has 15 aromatic rings. The van der Waals surface area contributed by atoms with Gasteiger partial charge >= 0.3 is 6.03 Å². The fraction of sp³-hybridized carbons (Fsp3) is 0.309. The maximum atomic E-state index is 14.0. The average Bonchev–Trinajstić information content (AvgIpc) is 1.57. The third-order valence-electron chi connectivity index (χ3n) is 24.2. The van der Waals surface area contributed by atoms with E-state index < -0.39 is 35.9 Å². The number of aromatic amines is 3. The number of amides is 4. The molecule has 3 fully saturated rings. The Balaban J connectivity index is 0.000000139. The van der Waals surface area contributed by atoms with Gasteiger partial charge in [0, 0.05) is 182 Å². The molecule has 652 valence electrons. The highest BCUT2D eigenvalue weighted by molar-refractivity contribution is 7.92. The van der Waals surface area contributed by atoms with Crippen LogP contribution in [0.25, 0.3) is 116 Å². The lowest BCUT2D eigenvalue weighted by Crippen LogP contribution is -2.49. The lowest BCUT2D eigenvalue weighted by atomic mass is 9.84. The molecule has 3 aliphatic rings. The van der Waals surface area contributed by atoms with E-state index in [1.165, 1.54) is 42.7 Å². The normalized spacial score (nSPS) is 15.1. The fourth-order valence-corrected chi connectivity index (χ4v) is 20.7. The number of nitrogens with one attached hydrogen (secondary N) is 6. The smallest absolute Gasteiger partial charge is 0.317 e. The molecule has 1 aliphatic heterocycles. The summed E-state index contributed by atoms with van der Waals surface area (Å²) in [5.74, 6) is -1.36. The third-order valence-corrected chi connectivity index (χ3v) is 28.1. The van der Waals surface area contributed by atoms with Gasteiger partial charge in [-0.05, 0) is 182 Å². The Bertz CT molecular complexity index is 6870. The lowest BCUT2D eigenvalue weighted by Gasteiger charge is -2.34. The number of halogens is 3. The Morgan fingerprint density at radius 1 is 0.492 bits per heavy atom. The molecule has 4 amide bonds. The number of rotatable bonds is 28. The number of methoxy groups -OCH3 is 3. The Morgan fingerprint density at radius 2 is 0.857 bits per heavy atom. The van der Waals surface area contributed by atoms with E-state index in [-0.39, 0.29) is 69.8 Å². The van der Waals surface area contributed by atoms with Gasteiger partial charge in [0.25, 0.3) is 11.8 Å². The monoisotopic (exact) mass is 1740 g/mol. The minimum absolute atomic E-state index is 0.0599. The van der Waals surface area contributed by atoms with Crippen molar-refractivity contribution < 1.29 is 63.4 Å². The molecule has 1 saturated heterocycles. The van der Waals surface area contributed by atoms with Crippen LogP contribution in [0.15, 0.2) is 201 Å². The van der Waals surface area contributed by atoms with Gasteiger partial charge in [-0.3, -0.25) is 29.7 Å². The van der Waals surface area contributed by atoms with E-state index >= 15 is 0 Å². The standard InChI is InChI=1S/C33H34FN3O4S.C32H33FN6O3.C32H33FN4O4S/c1-33(2,20-41-3)32-31(22-8-6-21(7-9-22)30(38)5-4-16-42(39,40)26-14-15-26)27-18-28-23(19-35-36-28)17-29(27)37(32)25-12-10-24(34)11-13-25;1-32(2,19-42-3)29-28(20-4-6-21(7-5-20)30(40)34-12-14-38-15-13-35-31(38)41)25-17-26-22(18-36-37-26)16-27(25)39(29)24-10-8-23(33)9-11-24;1-32(2,18-41-3)30-29(19-5-7-20(8-6-19)31(38)35-23-14-25(15-23)42(4,39)40)26-16-27-21(17-34-36-27)13-28(26)37(30)24-11-9-22(33)10-12-24/h6-13,17-19,26H,4-5,14-16,20H2,1-3H3,(H,35,36);4-11,16-18H,12-15,19H2,1-3H3,(H,34,40)(H,35,41)(H,36,37);5-13,16-17,23,25H,14-15,18H2,1-4H3,(H,34,36)(H,35,38). The number of nitrogens with zero attached hydrogens (tertiary/aromatic N) is 7. The summed E-state index contributed by atoms with van der Waals surface area (Å²) in [4.78, 5) is 52.3. The number of hydrogen-bond donors (Lipinski definition) is 6. The van der Waals surface area contributed by atoms with Crippen LogP contribution in [0.4, 0.5) is 18.0 Å². The zero-order chi connectivity index (χ0) is 88.9. The highest BCUT2D eigenvalue weighted by Crippen LogP contribution is 2.49. The van der Waals surface area contributed by atoms with Crippen molar-refractivity contribution in [3.8, 4) is 50.4 Å². The van der Waals surface area contributed by atoms with Gasteiger partial charge in [-0.2, -0.15) is 15.3 Å². The van der Waals surface area contributed by atoms with Crippen molar-refractivity contribution in [2.45, 2.75) is 113 Å². The van der Waals surface area contributed by atoms with Crippen molar-refractivity contribution in [1.82, 2.24) is 65.1 Å². The number of ketones is 1. The summed E-state index contributed by atoms with van der Waals surface area (Å²) < 4.78 is 113. The van der Waals surface area contributed by atoms with Crippen LogP contribution < -0.4 is 16.0 Å². The number of benzene rings is 9. The Hall–Kier alpha value is -12.5. The molecule has 0 spiro atoms. The second-order valence-corrected chi connectivity index (χ2v) is 39.7. The van der Waals surface area contributed by atoms with Crippen LogP contribution in [0, 0.1) is 17.5 Å². The predicted octanol–water partition coefficient (Wildman–Crippen LogP) is 17.3. The molecule has 0 atom stereocenters. The minimum Gasteiger partial charge on any atom is -0.384 e. The summed E-state index contributed by atoms with van der Waals surface area (Å²) in [6.07, 6.45) is 9.48. The van der Waals surface area contributed by atoms with Gasteiger partial charge in [-0.1, -0.05) is 90.1 Å². The molecule has 6 aromatic heterocycles. The number of carbonyl (C=O) groups excluding carboxylic acids is 4. The number of H-pyrrole nitrogens is 3. The molecular weight excluding hydrogens is 1640 g/mol. The van der Waals surface area contributed by atoms with Crippen LogP contribution in [0.1, 0.15) is 128 Å². The highest BCUT2D eigenvalue weighted by Gasteiger charge is 2.40. The van der Waals surface area contributed by atoms with Crippen LogP contribution in [-0.4, -0.2) is 186 Å². The zero-order valence-electron chi connectivity index (χ0n) is 71.8. The largest absolute Gasteiger partial charge is 0.384 e. The van der Waals surface area contributed by atoms with Crippen LogP contribution in [0.3, 0.4) is 0 Å². The summed E-state index contributed by atoms with van der Waals surface area (Å²) in [6.45, 7) is 16.2. The van der Waals surface area contributed by atoms with Gasteiger partial charge < -0.3 is 48.8 Å². The van der Waals surface area contributed by atoms with Crippen LogP contribution in [0.5, 0.6) is 0 Å². The minimum atomic E-state index is -3.09. The molecule has 0 bridgehead atoms. The number of ether oxygens (including phenoxy) is 3. The average molecular weight is 1750 g/mol. The van der Waals surface area contributed by atoms with Crippen LogP contribution in [0.2, 0.25) is 0 Å². The van der Waals surface area contributed by atoms with Gasteiger partial charge in [-0.25, -0.2) is 34.8 Å². The molecule has 2 aliphatic carbocycles. The van der Waals surface area contributed by atoms with Crippen molar-refractivity contribution in [3.05, 3.63) is 252 Å². The number of hydrogen-bond acceptors (Lipinski definition) is 14. The van der Waals surface area contributed by atoms with Crippen LogP contribution >= 0.6 is 0 Å². The number of urea groups is 1. The molecule has 24 nitrogen and oxygen atoms in total. The first-order chi connectivity index (χ1) is 60.3. The summed E-state index contributed by atoms with van der Waals surface area (Å²) in [5.41, 5.74) is 17.0. The quantitative estimate of drug-likeness (QED) is 0.0249. The Morgan fingerprint density at radius 3 is 1.20 bits per heavy atom. The van der Waals surface area contributed by atoms with Crippen LogP contribution in [-0.2, 0) is 50.1 Å². The molecule has 0 unspecified atom stereocenters. The molecule has 126 heavy (non-hydrogen) atoms. The van der Waals surface area contributed by atoms with Gasteiger partial charge in [-0.15, -0.1) is 0 Å². The topological polar surface area (TPSA) is 304 Å². The summed E-state index contributed by atoms with van der Waals surface area (Å²) in [7, 11) is -1.13. The molecule has 2 saturated carbocycles. The first-order valence-electron chi connectivity index (χ1n) is 42.0. The number of carbonyl (C=O) groups is 4. The molecule has 0 radical (unpaired) electrons. The van der Waals surface area contributed by atoms with Crippen molar-refractivity contribution >= 4 is 109 Å². The molecule has 6 N–H and O–H groups in total. The number of aromatic nitrogens is 9. The van der Waals surface area contributed by atoms with Crippen molar-refractivity contribution in [1.29, 1.82) is 0 Å². The number of fused-ring (bicyclic) bond motifs is 6. The van der Waals surface area contributed by atoms with Crippen molar-refractivity contribution in [3.63, 3.8) is 0 Å². The van der Waals surface area contributed by atoms with E-state index in [2.05, 4.69) is 138 Å². The van der Waals surface area contributed by atoms with E-state index in [1.54, 1.807) is 93.4 Å². The maximum absolute atomic E-state index is 14.0. The van der Waals surface area contributed by atoms with Gasteiger partial charge in [0.2, 0.25) is 0 Å². The highest BCUT2D eigenvalue weighted by atomic mass is 32.2. The molecule has 18 rings (SSSR count). The van der Waals surface area contributed by atoms with Crippen molar-refractivity contribution in [2.75, 3.05) is 79.3 Å². The second kappa shape index (κ2) is 35.1. The molecule has 29 heteroatoms. The fourth-order valence-electron chi connectivity index (χ4n) is 17.8. The maximum Gasteiger partial charge on any atom is 0.317 e. The second-order valence-electron chi connectivity index (χ2n) is 34.9. The van der Waals surface area contributed by atoms with Gasteiger partial charge in [0.05, 0.1) is 87.8 Å². The SMILES string of the molecule is COCC(C)(C)c1c(-c2ccc(C(=O)CCCS(=O)(=O)C3CC3)cc2)c2cc3[nH]ncc3cc2n1-c1ccc(F)cc1.COCC(C)(C)c1c(-c2ccc(C(=O)NC3CC(S(C)(=O)=O)C3)cc2)c2cc3[nH]ncc3cc2n1-c1ccc(F)cc1.COCC(C)(C)c1c(-c2ccc(C(=O)NCCN3CCNC3=O)cc2)c2cc3[nH]ncc3cc2n1-c1ccc(F)cc1. The molecule has 9 aromatic carbocycles. The first-order valence-corrected chi connectivity index (χ1v) is 45.7. The van der Waals surface area contributed by atoms with E-state index in [4.69, 9.17) is 14.2 Å². The predicted molar refractivity (Wildman–Crippen MR) is 486 cm³/mol. The van der Waals surface area contributed by atoms with Gasteiger partial charge in [0.1, 0.15) is 27.3 Å². The third kappa shape index (κ3) is 17.7. The van der Waals surface area contributed by atoms with E-state index in [0.717, 1.165) is 146 Å². The van der Waals surface area contributed by atoms with Gasteiger partial charge in [0.15, 0.2) is 15.6 Å². The van der Waals surface area contributed by atoms with Crippen molar-refractivity contribution in [2.24, 2.45) is 0 Å². The van der Waals surface area contributed by atoms with E-state index in [0.29, 0.717) is 82.0 Å². The number of Topliss-reactive ketones (excluding diaryl/α,β-unsaturated/α-hetero) is 1. The summed E-state index contributed by atoms with van der Waals surface area (Å²) in [6, 6.07) is 54.2.